The molecule has 7 nitrogen and oxygen atoms in total. The van der Waals surface area contributed by atoms with Gasteiger partial charge >= 0.3 is 11.9 Å². The van der Waals surface area contributed by atoms with Gasteiger partial charge in [0.05, 0.1) is 20.6 Å². The van der Waals surface area contributed by atoms with Crippen molar-refractivity contribution in [2.24, 2.45) is 11.7 Å². The molecule has 0 spiro atoms. The summed E-state index contributed by atoms with van der Waals surface area (Å²) in [5.74, 6) is -1.51. The quantitative estimate of drug-likeness (QED) is 0.347. The van der Waals surface area contributed by atoms with E-state index in [2.05, 4.69) is 14.1 Å². The average Bonchev–Trinajstić information content (AvgIpc) is 2.78. The number of aliphatic carboxylic acids is 1. The van der Waals surface area contributed by atoms with Crippen LogP contribution >= 0.6 is 0 Å². The number of carbonyl (C=O) groups is 2. The molecule has 34 heavy (non-hydrogen) atoms. The fourth-order valence-corrected chi connectivity index (χ4v) is 3.86. The lowest BCUT2D eigenvalue weighted by atomic mass is 9.86. The number of carboxylic acid groups (broad SMARTS) is 1. The van der Waals surface area contributed by atoms with Crippen molar-refractivity contribution in [1.29, 1.82) is 0 Å². The highest BCUT2D eigenvalue weighted by atomic mass is 79.9. The number of likely N-dealkylation sites (tertiary alicyclic amines) is 1. The summed E-state index contributed by atoms with van der Waals surface area (Å²) in [7, 11) is 4.28. The number of aliphatic hydroxyl groups is 1. The molecule has 0 saturated carbocycles. The molecule has 1 unspecified atom stereocenters. The molecule has 3 rings (SSSR count). The third-order valence-electron chi connectivity index (χ3n) is 5.94. The van der Waals surface area contributed by atoms with Crippen LogP contribution in [0.3, 0.4) is 0 Å². The molecule has 188 valence electrons. The van der Waals surface area contributed by atoms with E-state index in [9.17, 15) is 14.7 Å². The topological polar surface area (TPSA) is 110 Å². The van der Waals surface area contributed by atoms with E-state index in [0.29, 0.717) is 11.1 Å². The first-order valence-electron chi connectivity index (χ1n) is 11.3. The van der Waals surface area contributed by atoms with Crippen LogP contribution in [-0.4, -0.2) is 66.0 Å². The second-order valence-corrected chi connectivity index (χ2v) is 9.56. The van der Waals surface area contributed by atoms with Crippen LogP contribution in [0.1, 0.15) is 37.8 Å². The van der Waals surface area contributed by atoms with Crippen LogP contribution in [0, 0.1) is 5.92 Å². The minimum atomic E-state index is -1.79. The van der Waals surface area contributed by atoms with Gasteiger partial charge in [0.2, 0.25) is 5.60 Å². The van der Waals surface area contributed by atoms with Gasteiger partial charge in [0.25, 0.3) is 0 Å². The van der Waals surface area contributed by atoms with Gasteiger partial charge in [-0.25, -0.2) is 4.79 Å². The molecule has 0 amide bonds. The molecule has 1 fully saturated rings. The molecule has 2 atom stereocenters. The van der Waals surface area contributed by atoms with Gasteiger partial charge in [-0.1, -0.05) is 74.5 Å². The van der Waals surface area contributed by atoms with Gasteiger partial charge in [-0.05, 0) is 23.5 Å². The number of nitrogens with two attached hydrogens (primary N) is 1. The lowest BCUT2D eigenvalue weighted by Gasteiger charge is -2.38. The second kappa shape index (κ2) is 13.0. The van der Waals surface area contributed by atoms with E-state index in [1.54, 1.807) is 38.1 Å². The van der Waals surface area contributed by atoms with E-state index in [4.69, 9.17) is 15.6 Å². The fourth-order valence-electron chi connectivity index (χ4n) is 3.86. The third kappa shape index (κ3) is 7.91. The summed E-state index contributed by atoms with van der Waals surface area (Å²) in [5.41, 5.74) is 4.41. The number of quaternary nitrogens is 1. The Morgan fingerprint density at radius 2 is 1.50 bits per heavy atom. The van der Waals surface area contributed by atoms with E-state index in [1.807, 2.05) is 36.4 Å². The maximum absolute atomic E-state index is 13.1. The van der Waals surface area contributed by atoms with Gasteiger partial charge in [0.1, 0.15) is 12.6 Å². The second-order valence-electron chi connectivity index (χ2n) is 9.56. The first kappa shape index (κ1) is 29.8. The molecule has 1 heterocycles. The number of carbonyl (C=O) groups excluding carboxylic acids is 1. The van der Waals surface area contributed by atoms with Gasteiger partial charge < -0.3 is 42.1 Å². The fraction of sp³-hybridized carbons (Fsp3) is 0.462. The molecule has 0 aromatic heterocycles. The number of halogens is 1. The number of esters is 1. The van der Waals surface area contributed by atoms with Crippen molar-refractivity contribution in [2.45, 2.75) is 44.4 Å². The summed E-state index contributed by atoms with van der Waals surface area (Å²) < 4.78 is 6.62. The summed E-state index contributed by atoms with van der Waals surface area (Å²) in [6, 6.07) is 17.3. The minimum Gasteiger partial charge on any atom is -1.00 e. The lowest BCUT2D eigenvalue weighted by molar-refractivity contribution is -0.898. The summed E-state index contributed by atoms with van der Waals surface area (Å²) in [4.78, 5) is 23.1. The molecule has 4 N–H and O–H groups in total. The Morgan fingerprint density at radius 3 is 1.85 bits per heavy atom. The van der Waals surface area contributed by atoms with Crippen LogP contribution in [0.25, 0.3) is 0 Å². The van der Waals surface area contributed by atoms with Crippen molar-refractivity contribution < 1.29 is 46.0 Å². The number of piperidine rings is 1. The number of rotatable bonds is 6. The number of likely N-dealkylation sites (N-methyl/N-ethyl adjacent to an activating group) is 1. The summed E-state index contributed by atoms with van der Waals surface area (Å²) in [5, 5.41) is 19.6. The Bertz CT molecular complexity index is 866. The molecule has 1 aliphatic rings. The summed E-state index contributed by atoms with van der Waals surface area (Å²) in [6.07, 6.45) is 1.68. The summed E-state index contributed by atoms with van der Waals surface area (Å²) >= 11 is 0. The highest BCUT2D eigenvalue weighted by molar-refractivity contribution is 5.85. The normalized spacial score (nSPS) is 18.0. The molecule has 1 saturated heterocycles. The summed E-state index contributed by atoms with van der Waals surface area (Å²) in [6.45, 7) is 5.40. The molecule has 8 heteroatoms. The third-order valence-corrected chi connectivity index (χ3v) is 5.94. The van der Waals surface area contributed by atoms with Crippen molar-refractivity contribution in [3.05, 3.63) is 71.8 Å². The van der Waals surface area contributed by atoms with Crippen molar-refractivity contribution in [3.8, 4) is 0 Å². The predicted octanol–water partition coefficient (Wildman–Crippen LogP) is -0.237. The maximum Gasteiger partial charge on any atom is 0.348 e. The SMILES string of the molecule is CC(C)[C@H](N)C(=O)O.C[N+]1(C)CCCC(OC(=O)C(O)(c2ccccc2)c2ccccc2)C1.[Br-]. The van der Waals surface area contributed by atoms with Crippen LogP contribution in [0.15, 0.2) is 60.7 Å². The van der Waals surface area contributed by atoms with E-state index in [-0.39, 0.29) is 29.0 Å². The minimum absolute atomic E-state index is 0. The van der Waals surface area contributed by atoms with Gasteiger partial charge in [0, 0.05) is 6.42 Å². The van der Waals surface area contributed by atoms with Crippen molar-refractivity contribution >= 4 is 11.9 Å². The zero-order chi connectivity index (χ0) is 24.6. The highest BCUT2D eigenvalue weighted by Crippen LogP contribution is 2.32. The Balaban J connectivity index is 0.000000556. The number of hydrogen-bond acceptors (Lipinski definition) is 5. The average molecular weight is 537 g/mol. The maximum atomic E-state index is 13.1. The molecular formula is C26H37BrN2O5. The van der Waals surface area contributed by atoms with E-state index in [1.165, 1.54) is 0 Å². The lowest BCUT2D eigenvalue weighted by Crippen LogP contribution is -3.00. The van der Waals surface area contributed by atoms with Crippen LogP contribution in [0.5, 0.6) is 0 Å². The molecule has 0 bridgehead atoms. The number of carboxylic acids is 1. The number of nitrogens with zero attached hydrogens (tertiary/aromatic N) is 1. The number of ether oxygens (including phenoxy) is 1. The van der Waals surface area contributed by atoms with Crippen molar-refractivity contribution in [3.63, 3.8) is 0 Å². The molecule has 0 aliphatic carbocycles. The van der Waals surface area contributed by atoms with E-state index in [0.717, 1.165) is 30.4 Å². The first-order valence-corrected chi connectivity index (χ1v) is 11.3. The molecular weight excluding hydrogens is 500 g/mol. The van der Waals surface area contributed by atoms with Crippen LogP contribution in [0.2, 0.25) is 0 Å². The largest absolute Gasteiger partial charge is 1.00 e. The molecule has 2 aromatic carbocycles. The van der Waals surface area contributed by atoms with Crippen molar-refractivity contribution in [1.82, 2.24) is 0 Å². The Morgan fingerprint density at radius 1 is 1.03 bits per heavy atom. The molecule has 1 aliphatic heterocycles. The van der Waals surface area contributed by atoms with Crippen LogP contribution < -0.4 is 22.7 Å². The van der Waals surface area contributed by atoms with Gasteiger partial charge in [-0.3, -0.25) is 4.79 Å². The zero-order valence-electron chi connectivity index (χ0n) is 20.4. The van der Waals surface area contributed by atoms with E-state index >= 15 is 0 Å². The molecule has 0 radical (unpaired) electrons. The van der Waals surface area contributed by atoms with Crippen LogP contribution in [-0.2, 0) is 19.9 Å². The smallest absolute Gasteiger partial charge is 0.348 e. The van der Waals surface area contributed by atoms with Gasteiger partial charge in [-0.2, -0.15) is 0 Å². The monoisotopic (exact) mass is 536 g/mol. The number of benzene rings is 2. The van der Waals surface area contributed by atoms with E-state index < -0.39 is 23.6 Å². The van der Waals surface area contributed by atoms with Crippen LogP contribution in [0.4, 0.5) is 0 Å². The molecule has 2 aromatic rings. The highest BCUT2D eigenvalue weighted by Gasteiger charge is 2.43. The first-order chi connectivity index (χ1) is 15.5. The van der Waals surface area contributed by atoms with Gasteiger partial charge in [-0.15, -0.1) is 0 Å². The Labute approximate surface area is 212 Å². The standard InChI is InChI=1S/C21H26NO3.C5H11NO2.BrH/c1-22(2)15-9-14-19(16-22)25-20(23)21(24,17-10-5-3-6-11-17)18-12-7-4-8-13-18;1-3(2)4(6)5(7)8;/h3-8,10-13,19,24H,9,14-16H2,1-2H3;3-4H,6H2,1-2H3,(H,7,8);1H/q+1;;/p-1/t;4-;/m.0./s1. The Hall–Kier alpha value is -2.26. The zero-order valence-corrected chi connectivity index (χ0v) is 21.9. The van der Waals surface area contributed by atoms with Gasteiger partial charge in [0.15, 0.2) is 6.10 Å². The number of hydrogen-bond donors (Lipinski definition) is 3. The Kier molecular flexibility index (Phi) is 11.4. The predicted molar refractivity (Wildman–Crippen MR) is 127 cm³/mol. The van der Waals surface area contributed by atoms with Crippen molar-refractivity contribution in [2.75, 3.05) is 27.2 Å².